The highest BCUT2D eigenvalue weighted by Gasteiger charge is 2.15. The maximum atomic E-state index is 12.7. The molecule has 0 aliphatic carbocycles. The van der Waals surface area contributed by atoms with Crippen molar-refractivity contribution in [2.24, 2.45) is 0 Å². The van der Waals surface area contributed by atoms with Gasteiger partial charge in [-0.1, -0.05) is 0 Å². The summed E-state index contributed by atoms with van der Waals surface area (Å²) >= 11 is 0. The fraction of sp³-hybridized carbons (Fsp3) is 0.375. The van der Waals surface area contributed by atoms with Crippen molar-refractivity contribution in [1.29, 1.82) is 0 Å². The number of methoxy groups -OCH3 is 3. The summed E-state index contributed by atoms with van der Waals surface area (Å²) in [5, 5.41) is 33.8. The number of phenols is 1. The summed E-state index contributed by atoms with van der Waals surface area (Å²) in [6.45, 7) is 2.21. The summed E-state index contributed by atoms with van der Waals surface area (Å²) in [5.74, 6) is 1.01. The summed E-state index contributed by atoms with van der Waals surface area (Å²) in [6, 6.07) is 11.2. The number of phenolic OH excluding ortho intramolecular Hbond substituents is 1. The van der Waals surface area contributed by atoms with E-state index >= 15 is 0 Å². The van der Waals surface area contributed by atoms with Crippen LogP contribution in [0.4, 0.5) is 0 Å². The third-order valence-electron chi connectivity index (χ3n) is 3.86. The molecule has 1 atom stereocenters. The number of allylic oxidation sites excluding steroid dienone is 1. The summed E-state index contributed by atoms with van der Waals surface area (Å²) < 4.78 is 20.5. The normalized spacial score (nSPS) is 11.2. The second kappa shape index (κ2) is 17.4. The standard InChI is InChI=1S/C20H22O6.C3H8O2.CH4O/c1-13(21)12-26-20-10-16(24-2)8-9-17(20)18(23)11-19(25-3)14-4-6-15(22)7-5-14;1-5-3-2-4;1-2/h4-11,13,21-22H,12H2,1-3H3;4H,2-3H2,1H3;2H,1H3/b19-11-;;. The molecule has 9 nitrogen and oxygen atoms in total. The Hall–Kier alpha value is -3.11. The Kier molecular flexibility index (Phi) is 15.8. The molecule has 0 saturated heterocycles. The van der Waals surface area contributed by atoms with Crippen LogP contribution in [0.3, 0.4) is 0 Å². The van der Waals surface area contributed by atoms with E-state index in [9.17, 15) is 15.0 Å². The second-order valence-corrected chi connectivity index (χ2v) is 6.36. The number of aliphatic hydroxyl groups is 3. The van der Waals surface area contributed by atoms with Gasteiger partial charge in [0.2, 0.25) is 0 Å². The molecule has 0 fully saturated rings. The van der Waals surface area contributed by atoms with Crippen LogP contribution in [0.25, 0.3) is 5.76 Å². The minimum atomic E-state index is -0.675. The maximum Gasteiger partial charge on any atom is 0.193 e. The van der Waals surface area contributed by atoms with Crippen LogP contribution in [-0.4, -0.2) is 80.6 Å². The first kappa shape index (κ1) is 29.9. The molecule has 2 aromatic carbocycles. The summed E-state index contributed by atoms with van der Waals surface area (Å²) in [7, 11) is 5.53. The van der Waals surface area contributed by atoms with E-state index in [0.29, 0.717) is 35.0 Å². The van der Waals surface area contributed by atoms with E-state index in [1.165, 1.54) is 32.4 Å². The molecular weight excluding hydrogens is 432 g/mol. The lowest BCUT2D eigenvalue weighted by molar-refractivity contribution is 0.102. The zero-order valence-corrected chi connectivity index (χ0v) is 19.6. The first-order chi connectivity index (χ1) is 15.9. The molecule has 0 bridgehead atoms. The molecule has 2 aromatic rings. The largest absolute Gasteiger partial charge is 0.508 e. The Morgan fingerprint density at radius 1 is 1.06 bits per heavy atom. The quantitative estimate of drug-likeness (QED) is 0.236. The number of hydrogen-bond acceptors (Lipinski definition) is 9. The molecule has 0 amide bonds. The van der Waals surface area contributed by atoms with Gasteiger partial charge in [-0.2, -0.15) is 0 Å². The highest BCUT2D eigenvalue weighted by atomic mass is 16.5. The lowest BCUT2D eigenvalue weighted by Gasteiger charge is -2.13. The highest BCUT2D eigenvalue weighted by Crippen LogP contribution is 2.27. The van der Waals surface area contributed by atoms with Crippen LogP contribution in [0.1, 0.15) is 22.8 Å². The Balaban J connectivity index is 0.00000129. The Bertz CT molecular complexity index is 828. The fourth-order valence-corrected chi connectivity index (χ4v) is 2.34. The van der Waals surface area contributed by atoms with Crippen molar-refractivity contribution in [3.05, 3.63) is 59.7 Å². The molecule has 2 rings (SSSR count). The van der Waals surface area contributed by atoms with Gasteiger partial charge in [-0.05, 0) is 43.3 Å². The molecule has 33 heavy (non-hydrogen) atoms. The number of ketones is 1. The van der Waals surface area contributed by atoms with E-state index in [4.69, 9.17) is 24.4 Å². The number of carbonyl (C=O) groups excluding carboxylic acids is 1. The molecule has 0 aliphatic rings. The highest BCUT2D eigenvalue weighted by molar-refractivity contribution is 6.09. The molecule has 0 spiro atoms. The van der Waals surface area contributed by atoms with E-state index < -0.39 is 6.10 Å². The summed E-state index contributed by atoms with van der Waals surface area (Å²) in [5.41, 5.74) is 0.971. The maximum absolute atomic E-state index is 12.7. The van der Waals surface area contributed by atoms with Crippen LogP contribution in [0.5, 0.6) is 17.2 Å². The van der Waals surface area contributed by atoms with Crippen molar-refractivity contribution in [1.82, 2.24) is 0 Å². The molecule has 1 unspecified atom stereocenters. The van der Waals surface area contributed by atoms with E-state index in [2.05, 4.69) is 4.74 Å². The van der Waals surface area contributed by atoms with Crippen molar-refractivity contribution in [3.63, 3.8) is 0 Å². The fourth-order valence-electron chi connectivity index (χ4n) is 2.34. The van der Waals surface area contributed by atoms with Gasteiger partial charge in [-0.3, -0.25) is 4.79 Å². The van der Waals surface area contributed by atoms with Gasteiger partial charge in [0.15, 0.2) is 5.78 Å². The zero-order chi connectivity index (χ0) is 25.2. The number of aliphatic hydroxyl groups excluding tert-OH is 3. The minimum Gasteiger partial charge on any atom is -0.508 e. The van der Waals surface area contributed by atoms with E-state index in [-0.39, 0.29) is 24.7 Å². The van der Waals surface area contributed by atoms with Gasteiger partial charge < -0.3 is 39.4 Å². The molecule has 0 radical (unpaired) electrons. The first-order valence-corrected chi connectivity index (χ1v) is 9.99. The zero-order valence-electron chi connectivity index (χ0n) is 19.6. The number of rotatable bonds is 10. The number of aromatic hydroxyl groups is 1. The van der Waals surface area contributed by atoms with Crippen LogP contribution in [0.15, 0.2) is 48.5 Å². The number of ether oxygens (including phenoxy) is 4. The van der Waals surface area contributed by atoms with Crippen LogP contribution < -0.4 is 9.47 Å². The molecule has 0 aliphatic heterocycles. The lowest BCUT2D eigenvalue weighted by Crippen LogP contribution is -2.14. The van der Waals surface area contributed by atoms with Crippen molar-refractivity contribution >= 4 is 11.5 Å². The summed E-state index contributed by atoms with van der Waals surface area (Å²) in [4.78, 5) is 12.7. The molecule has 0 saturated carbocycles. The van der Waals surface area contributed by atoms with E-state index in [1.807, 2.05) is 0 Å². The third kappa shape index (κ3) is 11.4. The topological polar surface area (TPSA) is 135 Å². The van der Waals surface area contributed by atoms with Crippen LogP contribution >= 0.6 is 0 Å². The van der Waals surface area contributed by atoms with Gasteiger partial charge in [0, 0.05) is 31.9 Å². The van der Waals surface area contributed by atoms with Gasteiger partial charge >= 0.3 is 0 Å². The van der Waals surface area contributed by atoms with Crippen molar-refractivity contribution in [2.75, 3.05) is 48.3 Å². The average Bonchev–Trinajstić information content (AvgIpc) is 2.83. The SMILES string of the molecule is CO.CO/C(=C\C(=O)c1ccc(OC)cc1OCC(C)O)c1ccc(O)cc1.COCCO. The van der Waals surface area contributed by atoms with Crippen molar-refractivity contribution < 1.29 is 44.2 Å². The first-order valence-electron chi connectivity index (χ1n) is 9.99. The molecule has 9 heteroatoms. The van der Waals surface area contributed by atoms with Crippen LogP contribution in [0, 0.1) is 0 Å². The van der Waals surface area contributed by atoms with Crippen LogP contribution in [0.2, 0.25) is 0 Å². The Morgan fingerprint density at radius 2 is 1.70 bits per heavy atom. The van der Waals surface area contributed by atoms with Gasteiger partial charge in [0.05, 0.1) is 39.1 Å². The minimum absolute atomic E-state index is 0.0479. The lowest BCUT2D eigenvalue weighted by atomic mass is 10.1. The predicted molar refractivity (Wildman–Crippen MR) is 125 cm³/mol. The van der Waals surface area contributed by atoms with Gasteiger partial charge in [0.1, 0.15) is 29.6 Å². The van der Waals surface area contributed by atoms with E-state index in [1.54, 1.807) is 44.4 Å². The van der Waals surface area contributed by atoms with Crippen LogP contribution in [-0.2, 0) is 9.47 Å². The predicted octanol–water partition coefficient (Wildman–Crippen LogP) is 2.26. The van der Waals surface area contributed by atoms with Crippen molar-refractivity contribution in [2.45, 2.75) is 13.0 Å². The molecule has 0 aromatic heterocycles. The van der Waals surface area contributed by atoms with E-state index in [0.717, 1.165) is 7.11 Å². The monoisotopic (exact) mass is 466 g/mol. The number of benzene rings is 2. The average molecular weight is 467 g/mol. The number of hydrogen-bond donors (Lipinski definition) is 4. The van der Waals surface area contributed by atoms with Gasteiger partial charge in [0.25, 0.3) is 0 Å². The Morgan fingerprint density at radius 3 is 2.15 bits per heavy atom. The number of carbonyl (C=O) groups is 1. The molecule has 4 N–H and O–H groups in total. The molecular formula is C24H34O9. The summed E-state index contributed by atoms with van der Waals surface area (Å²) in [6.07, 6.45) is 0.676. The van der Waals surface area contributed by atoms with Crippen molar-refractivity contribution in [3.8, 4) is 17.2 Å². The smallest absolute Gasteiger partial charge is 0.193 e. The molecule has 184 valence electrons. The third-order valence-corrected chi connectivity index (χ3v) is 3.86. The van der Waals surface area contributed by atoms with Gasteiger partial charge in [-0.15, -0.1) is 0 Å². The Labute approximate surface area is 194 Å². The van der Waals surface area contributed by atoms with Gasteiger partial charge in [-0.25, -0.2) is 0 Å². The molecule has 0 heterocycles. The second-order valence-electron chi connectivity index (χ2n) is 6.36.